The highest BCUT2D eigenvalue weighted by Gasteiger charge is 2.32. The van der Waals surface area contributed by atoms with Crippen molar-refractivity contribution >= 4 is 23.1 Å². The van der Waals surface area contributed by atoms with Gasteiger partial charge in [-0.2, -0.15) is 0 Å². The Morgan fingerprint density at radius 2 is 2.24 bits per heavy atom. The molecule has 0 saturated heterocycles. The number of hydrogen-bond donors (Lipinski definition) is 2. The Morgan fingerprint density at radius 3 is 2.76 bits per heavy atom. The Morgan fingerprint density at radius 1 is 1.57 bits per heavy atom. The maximum atomic E-state index is 10.6. The summed E-state index contributed by atoms with van der Waals surface area (Å²) in [7, 11) is 0. The molecule has 0 atom stereocenters. The molecule has 0 amide bonds. The topological polar surface area (TPSA) is 88.3 Å². The van der Waals surface area contributed by atoms with Gasteiger partial charge in [-0.25, -0.2) is 4.98 Å². The van der Waals surface area contributed by atoms with Crippen molar-refractivity contribution in [3.8, 4) is 0 Å². The zero-order valence-electron chi connectivity index (χ0n) is 12.0. The number of pyridine rings is 1. The summed E-state index contributed by atoms with van der Waals surface area (Å²) >= 11 is 5.97. The molecule has 116 valence electrons. The van der Waals surface area contributed by atoms with Gasteiger partial charge in [-0.3, -0.25) is 10.1 Å². The van der Waals surface area contributed by atoms with E-state index in [4.69, 9.17) is 11.6 Å². The minimum atomic E-state index is -0.752. The lowest BCUT2D eigenvalue weighted by atomic mass is 9.78. The van der Waals surface area contributed by atoms with Crippen molar-refractivity contribution in [3.63, 3.8) is 0 Å². The van der Waals surface area contributed by atoms with E-state index < -0.39 is 10.5 Å². The number of halogens is 1. The Kier molecular flexibility index (Phi) is 5.00. The molecule has 1 aromatic rings. The molecular weight excluding hydrogens is 294 g/mol. The van der Waals surface area contributed by atoms with Crippen LogP contribution in [0.1, 0.15) is 39.0 Å². The van der Waals surface area contributed by atoms with Crippen molar-refractivity contribution in [2.75, 3.05) is 11.9 Å². The Hall–Kier alpha value is -1.40. The molecule has 1 heterocycles. The fraction of sp³-hybridized carbons (Fsp3) is 0.643. The quantitative estimate of drug-likeness (QED) is 0.642. The summed E-state index contributed by atoms with van der Waals surface area (Å²) < 4.78 is 0. The zero-order valence-corrected chi connectivity index (χ0v) is 12.8. The summed E-state index contributed by atoms with van der Waals surface area (Å²) in [4.78, 5) is 14.0. The smallest absolute Gasteiger partial charge is 0.289 e. The van der Waals surface area contributed by atoms with Crippen molar-refractivity contribution in [2.45, 2.75) is 44.6 Å². The third-order valence-electron chi connectivity index (χ3n) is 4.24. The first-order chi connectivity index (χ1) is 9.93. The largest absolute Gasteiger partial charge is 0.388 e. The molecule has 2 N–H and O–H groups in total. The third-order valence-corrected chi connectivity index (χ3v) is 4.52. The van der Waals surface area contributed by atoms with E-state index in [0.717, 1.165) is 38.3 Å². The third kappa shape index (κ3) is 4.04. The van der Waals surface area contributed by atoms with Crippen molar-refractivity contribution in [2.24, 2.45) is 5.92 Å². The van der Waals surface area contributed by atoms with Gasteiger partial charge in [-0.05, 0) is 31.6 Å². The van der Waals surface area contributed by atoms with Crippen LogP contribution < -0.4 is 5.32 Å². The predicted octanol–water partition coefficient (Wildman–Crippen LogP) is 3.39. The lowest BCUT2D eigenvalue weighted by Gasteiger charge is -2.36. The van der Waals surface area contributed by atoms with Crippen LogP contribution in [0.4, 0.5) is 11.5 Å². The van der Waals surface area contributed by atoms with Gasteiger partial charge >= 0.3 is 0 Å². The Bertz CT molecular complexity index is 516. The monoisotopic (exact) mass is 313 g/mol. The van der Waals surface area contributed by atoms with Crippen molar-refractivity contribution < 1.29 is 10.0 Å². The highest BCUT2D eigenvalue weighted by atomic mass is 35.5. The van der Waals surface area contributed by atoms with Crippen LogP contribution >= 0.6 is 11.6 Å². The van der Waals surface area contributed by atoms with E-state index in [1.165, 1.54) is 6.07 Å². The molecule has 1 aliphatic carbocycles. The van der Waals surface area contributed by atoms with E-state index in [9.17, 15) is 15.2 Å². The first kappa shape index (κ1) is 16.0. The molecule has 1 aliphatic rings. The summed E-state index contributed by atoms with van der Waals surface area (Å²) in [6.45, 7) is 2.53. The van der Waals surface area contributed by atoms with Gasteiger partial charge in [0.15, 0.2) is 0 Å². The molecule has 0 aromatic carbocycles. The Balaban J connectivity index is 1.95. The van der Waals surface area contributed by atoms with Gasteiger partial charge in [0.2, 0.25) is 0 Å². The molecule has 1 aromatic heterocycles. The predicted molar refractivity (Wildman–Crippen MR) is 81.6 cm³/mol. The number of anilines is 1. The van der Waals surface area contributed by atoms with E-state index in [2.05, 4.69) is 17.2 Å². The molecule has 0 radical (unpaired) electrons. The second-order valence-corrected chi connectivity index (χ2v) is 6.12. The maximum absolute atomic E-state index is 10.6. The highest BCUT2D eigenvalue weighted by molar-refractivity contribution is 6.33. The minimum Gasteiger partial charge on any atom is -0.388 e. The summed E-state index contributed by atoms with van der Waals surface area (Å²) in [5, 5.41) is 24.4. The van der Waals surface area contributed by atoms with Crippen LogP contribution in [-0.2, 0) is 0 Å². The van der Waals surface area contributed by atoms with Crippen LogP contribution in [0.5, 0.6) is 0 Å². The standard InChI is InChI=1S/C14H20ClN3O3/c1-2-10-3-5-14(19,6-4-10)9-17-13-12(15)7-11(8-16-13)18(20)21/h7-8,10,19H,2-6,9H2,1H3,(H,16,17). The molecular formula is C14H20ClN3O3. The number of aliphatic hydroxyl groups is 1. The molecule has 7 heteroatoms. The van der Waals surface area contributed by atoms with Gasteiger partial charge in [-0.1, -0.05) is 24.9 Å². The fourth-order valence-electron chi connectivity index (χ4n) is 2.71. The zero-order chi connectivity index (χ0) is 15.5. The van der Waals surface area contributed by atoms with E-state index in [0.29, 0.717) is 18.3 Å². The number of nitrogens with one attached hydrogen (secondary N) is 1. The van der Waals surface area contributed by atoms with E-state index in [-0.39, 0.29) is 10.7 Å². The molecule has 6 nitrogen and oxygen atoms in total. The molecule has 1 saturated carbocycles. The summed E-state index contributed by atoms with van der Waals surface area (Å²) in [5.41, 5.74) is -0.897. The van der Waals surface area contributed by atoms with Gasteiger partial charge in [0.25, 0.3) is 5.69 Å². The van der Waals surface area contributed by atoms with Crippen molar-refractivity contribution in [3.05, 3.63) is 27.4 Å². The number of nitrogens with zero attached hydrogens (tertiary/aromatic N) is 2. The van der Waals surface area contributed by atoms with Crippen molar-refractivity contribution in [1.29, 1.82) is 0 Å². The molecule has 0 aliphatic heterocycles. The molecule has 0 spiro atoms. The van der Waals surface area contributed by atoms with Crippen LogP contribution in [0.25, 0.3) is 0 Å². The van der Waals surface area contributed by atoms with Crippen molar-refractivity contribution in [1.82, 2.24) is 4.98 Å². The van der Waals surface area contributed by atoms with Gasteiger partial charge in [0, 0.05) is 12.6 Å². The summed E-state index contributed by atoms with van der Waals surface area (Å²) in [6, 6.07) is 1.26. The normalized spacial score (nSPS) is 25.6. The second kappa shape index (κ2) is 6.58. The van der Waals surface area contributed by atoms with E-state index in [1.807, 2.05) is 0 Å². The van der Waals surface area contributed by atoms with Gasteiger partial charge in [0.1, 0.15) is 12.0 Å². The van der Waals surface area contributed by atoms with E-state index in [1.54, 1.807) is 0 Å². The second-order valence-electron chi connectivity index (χ2n) is 5.71. The molecule has 21 heavy (non-hydrogen) atoms. The van der Waals surface area contributed by atoms with Crippen LogP contribution in [-0.4, -0.2) is 27.2 Å². The first-order valence-electron chi connectivity index (χ1n) is 7.20. The number of nitro groups is 1. The Labute approximate surface area is 128 Å². The number of rotatable bonds is 5. The van der Waals surface area contributed by atoms with E-state index >= 15 is 0 Å². The lowest BCUT2D eigenvalue weighted by molar-refractivity contribution is -0.385. The lowest BCUT2D eigenvalue weighted by Crippen LogP contribution is -2.40. The average Bonchev–Trinajstić information content (AvgIpc) is 2.46. The van der Waals surface area contributed by atoms with Gasteiger partial charge in [0.05, 0.1) is 15.5 Å². The number of hydrogen-bond acceptors (Lipinski definition) is 5. The fourth-order valence-corrected chi connectivity index (χ4v) is 2.93. The molecule has 1 fully saturated rings. The highest BCUT2D eigenvalue weighted by Crippen LogP contribution is 2.34. The first-order valence-corrected chi connectivity index (χ1v) is 7.57. The average molecular weight is 314 g/mol. The molecule has 0 bridgehead atoms. The molecule has 0 unspecified atom stereocenters. The van der Waals surface area contributed by atoms with Crippen LogP contribution in [0.15, 0.2) is 12.3 Å². The van der Waals surface area contributed by atoms with Crippen LogP contribution in [0.2, 0.25) is 5.02 Å². The molecule has 2 rings (SSSR count). The van der Waals surface area contributed by atoms with Gasteiger partial charge < -0.3 is 10.4 Å². The summed E-state index contributed by atoms with van der Waals surface area (Å²) in [6.07, 6.45) is 5.86. The summed E-state index contributed by atoms with van der Waals surface area (Å²) in [5.74, 6) is 1.07. The van der Waals surface area contributed by atoms with Gasteiger partial charge in [-0.15, -0.1) is 0 Å². The van der Waals surface area contributed by atoms with Crippen LogP contribution in [0, 0.1) is 16.0 Å². The maximum Gasteiger partial charge on any atom is 0.289 e. The minimum absolute atomic E-state index is 0.146. The van der Waals surface area contributed by atoms with Crippen LogP contribution in [0.3, 0.4) is 0 Å². The SMILES string of the molecule is CCC1CCC(O)(CNc2ncc([N+](=O)[O-])cc2Cl)CC1. The number of aromatic nitrogens is 1.